The van der Waals surface area contributed by atoms with Crippen LogP contribution in [0.3, 0.4) is 0 Å². The lowest BCUT2D eigenvalue weighted by Gasteiger charge is -2.57. The van der Waals surface area contributed by atoms with Crippen LogP contribution in [-0.2, 0) is 9.53 Å². The average Bonchev–Trinajstić information content (AvgIpc) is 3.11. The molecule has 0 saturated heterocycles. The van der Waals surface area contributed by atoms with Crippen molar-refractivity contribution in [3.8, 4) is 0 Å². The molecule has 4 rings (SSSR count). The van der Waals surface area contributed by atoms with Crippen LogP contribution in [0, 0.1) is 52.3 Å². The predicted molar refractivity (Wildman–Crippen MR) is 138 cm³/mol. The lowest BCUT2D eigenvalue weighted by molar-refractivity contribution is -0.145. The highest BCUT2D eigenvalue weighted by atomic mass is 16.5. The molecule has 0 N–H and O–H groups in total. The summed E-state index contributed by atoms with van der Waals surface area (Å²) in [5.74, 6) is 5.00. The van der Waals surface area contributed by atoms with Gasteiger partial charge < -0.3 is 4.74 Å². The predicted octanol–water partition coefficient (Wildman–Crippen LogP) is 8.15. The third kappa shape index (κ3) is 4.41. The Balaban J connectivity index is 1.53. The monoisotopic (exact) mass is 452 g/mol. The topological polar surface area (TPSA) is 26.3 Å². The molecule has 0 aromatic rings. The molecule has 0 bridgehead atoms. The van der Waals surface area contributed by atoms with E-state index in [-0.39, 0.29) is 17.5 Å². The maximum atomic E-state index is 11.5. The molecule has 2 saturated carbocycles. The standard InChI is InChI=1S/C31H48O2/c1-8-23(20(2)3)10-9-21(4)27-13-14-28-26-12-11-24-19-25(33-22(5)32)15-17-30(24,6)29(26)16-18-31(27,28)7/h9-12,19-21,23,25-29H,8,13-18H2,1-7H3/b10-9+/t21-,23-,25?,26+,27-,28+,29+,30+,31-/m1/s1. The summed E-state index contributed by atoms with van der Waals surface area (Å²) in [4.78, 5) is 11.5. The average molecular weight is 453 g/mol. The fourth-order valence-electron chi connectivity index (χ4n) is 8.62. The van der Waals surface area contributed by atoms with Gasteiger partial charge in [0.2, 0.25) is 0 Å². The van der Waals surface area contributed by atoms with E-state index in [9.17, 15) is 4.79 Å². The van der Waals surface area contributed by atoms with Gasteiger partial charge in [-0.3, -0.25) is 4.79 Å². The van der Waals surface area contributed by atoms with Gasteiger partial charge in [0.1, 0.15) is 6.10 Å². The van der Waals surface area contributed by atoms with Crippen molar-refractivity contribution in [1.82, 2.24) is 0 Å². The molecule has 0 radical (unpaired) electrons. The van der Waals surface area contributed by atoms with Crippen LogP contribution >= 0.6 is 0 Å². The summed E-state index contributed by atoms with van der Waals surface area (Å²) in [5, 5.41) is 0. The number of esters is 1. The molecule has 4 aliphatic rings. The van der Waals surface area contributed by atoms with Crippen molar-refractivity contribution in [1.29, 1.82) is 0 Å². The van der Waals surface area contributed by atoms with Crippen molar-refractivity contribution >= 4 is 5.97 Å². The van der Waals surface area contributed by atoms with Gasteiger partial charge in [-0.25, -0.2) is 0 Å². The normalized spacial score (nSPS) is 41.8. The Hall–Kier alpha value is -1.31. The van der Waals surface area contributed by atoms with E-state index in [4.69, 9.17) is 4.74 Å². The molecule has 0 amide bonds. The van der Waals surface area contributed by atoms with Crippen molar-refractivity contribution in [2.24, 2.45) is 52.3 Å². The molecular formula is C31H48O2. The zero-order chi connectivity index (χ0) is 24.0. The van der Waals surface area contributed by atoms with Crippen molar-refractivity contribution in [2.45, 2.75) is 99.5 Å². The molecule has 33 heavy (non-hydrogen) atoms. The third-order valence-corrected chi connectivity index (χ3v) is 10.6. The van der Waals surface area contributed by atoms with E-state index in [1.807, 2.05) is 0 Å². The number of hydrogen-bond donors (Lipinski definition) is 0. The smallest absolute Gasteiger partial charge is 0.303 e. The van der Waals surface area contributed by atoms with Gasteiger partial charge in [-0.15, -0.1) is 0 Å². The molecule has 9 atom stereocenters. The lowest BCUT2D eigenvalue weighted by Crippen LogP contribution is -2.49. The summed E-state index contributed by atoms with van der Waals surface area (Å²) in [6, 6.07) is 0. The van der Waals surface area contributed by atoms with Crippen LogP contribution in [0.4, 0.5) is 0 Å². The van der Waals surface area contributed by atoms with E-state index >= 15 is 0 Å². The first-order valence-electron chi connectivity index (χ1n) is 13.9. The van der Waals surface area contributed by atoms with Crippen molar-refractivity contribution in [2.75, 3.05) is 0 Å². The first-order valence-corrected chi connectivity index (χ1v) is 13.9. The van der Waals surface area contributed by atoms with Crippen LogP contribution in [0.2, 0.25) is 0 Å². The Labute approximate surface area is 203 Å². The van der Waals surface area contributed by atoms with Crippen LogP contribution < -0.4 is 0 Å². The van der Waals surface area contributed by atoms with Gasteiger partial charge in [-0.1, -0.05) is 65.8 Å². The number of hydrogen-bond acceptors (Lipinski definition) is 2. The minimum atomic E-state index is -0.162. The minimum Gasteiger partial charge on any atom is -0.458 e. The van der Waals surface area contributed by atoms with Crippen molar-refractivity contribution < 1.29 is 9.53 Å². The highest BCUT2D eigenvalue weighted by Crippen LogP contribution is 2.66. The Bertz CT molecular complexity index is 819. The van der Waals surface area contributed by atoms with Crippen LogP contribution in [0.25, 0.3) is 0 Å². The van der Waals surface area contributed by atoms with E-state index in [2.05, 4.69) is 71.9 Å². The van der Waals surface area contributed by atoms with E-state index in [1.165, 1.54) is 44.6 Å². The fourth-order valence-corrected chi connectivity index (χ4v) is 8.62. The maximum Gasteiger partial charge on any atom is 0.303 e. The van der Waals surface area contributed by atoms with E-state index in [0.717, 1.165) is 36.5 Å². The molecule has 0 aromatic heterocycles. The Kier molecular flexibility index (Phi) is 7.05. The number of ether oxygens (including phenoxy) is 1. The molecule has 0 aromatic carbocycles. The zero-order valence-electron chi connectivity index (χ0n) is 22.3. The number of fused-ring (bicyclic) bond motifs is 5. The second kappa shape index (κ2) is 9.38. The van der Waals surface area contributed by atoms with Gasteiger partial charge in [0.25, 0.3) is 0 Å². The SMILES string of the molecule is CC[C@H](/C=C/[C@@H](C)[C@H]1CC[C@H]2[C@@H]3C=CC4=CC(OC(C)=O)CC[C@]4(C)[C@H]3CC[C@]12C)C(C)C. The first-order chi connectivity index (χ1) is 15.6. The van der Waals surface area contributed by atoms with Gasteiger partial charge in [-0.2, -0.15) is 0 Å². The fraction of sp³-hybridized carbons (Fsp3) is 0.774. The van der Waals surface area contributed by atoms with Gasteiger partial charge in [0, 0.05) is 6.92 Å². The Morgan fingerprint density at radius 2 is 1.85 bits per heavy atom. The quantitative estimate of drug-likeness (QED) is 0.300. The van der Waals surface area contributed by atoms with Crippen LogP contribution in [0.15, 0.2) is 36.0 Å². The molecule has 2 nitrogen and oxygen atoms in total. The molecule has 1 unspecified atom stereocenters. The number of rotatable bonds is 6. The van der Waals surface area contributed by atoms with Crippen LogP contribution in [-0.4, -0.2) is 12.1 Å². The second-order valence-electron chi connectivity index (χ2n) is 12.7. The Morgan fingerprint density at radius 1 is 1.09 bits per heavy atom. The maximum absolute atomic E-state index is 11.5. The summed E-state index contributed by atoms with van der Waals surface area (Å²) in [7, 11) is 0. The highest BCUT2D eigenvalue weighted by molar-refractivity contribution is 5.66. The lowest BCUT2D eigenvalue weighted by atomic mass is 9.48. The Morgan fingerprint density at radius 3 is 2.52 bits per heavy atom. The third-order valence-electron chi connectivity index (χ3n) is 10.6. The highest BCUT2D eigenvalue weighted by Gasteiger charge is 2.58. The number of carbonyl (C=O) groups is 1. The second-order valence-corrected chi connectivity index (χ2v) is 12.7. The van der Waals surface area contributed by atoms with E-state index in [0.29, 0.717) is 23.2 Å². The summed E-state index contributed by atoms with van der Waals surface area (Å²) in [5.41, 5.74) is 2.13. The molecule has 2 fully saturated rings. The van der Waals surface area contributed by atoms with Crippen LogP contribution in [0.1, 0.15) is 93.4 Å². The largest absolute Gasteiger partial charge is 0.458 e. The summed E-state index contributed by atoms with van der Waals surface area (Å²) in [6.07, 6.45) is 21.1. The molecule has 0 spiro atoms. The summed E-state index contributed by atoms with van der Waals surface area (Å²) >= 11 is 0. The van der Waals surface area contributed by atoms with Gasteiger partial charge in [-0.05, 0) is 109 Å². The van der Waals surface area contributed by atoms with Gasteiger partial charge >= 0.3 is 5.97 Å². The molecule has 2 heteroatoms. The molecular weight excluding hydrogens is 404 g/mol. The number of allylic oxidation sites excluding steroid dienone is 5. The molecule has 4 aliphatic carbocycles. The van der Waals surface area contributed by atoms with Crippen LogP contribution in [0.5, 0.6) is 0 Å². The molecule has 184 valence electrons. The number of carbonyl (C=O) groups excluding carboxylic acids is 1. The van der Waals surface area contributed by atoms with Crippen molar-refractivity contribution in [3.63, 3.8) is 0 Å². The van der Waals surface area contributed by atoms with Gasteiger partial charge in [0.05, 0.1) is 0 Å². The molecule has 0 heterocycles. The zero-order valence-corrected chi connectivity index (χ0v) is 22.3. The summed E-state index contributed by atoms with van der Waals surface area (Å²) < 4.78 is 5.55. The first kappa shape index (κ1) is 24.8. The van der Waals surface area contributed by atoms with E-state index < -0.39 is 0 Å². The minimum absolute atomic E-state index is 0.0399. The summed E-state index contributed by atoms with van der Waals surface area (Å²) in [6.45, 7) is 16.2. The van der Waals surface area contributed by atoms with Gasteiger partial charge in [0.15, 0.2) is 0 Å². The van der Waals surface area contributed by atoms with E-state index in [1.54, 1.807) is 0 Å². The molecule has 0 aliphatic heterocycles. The van der Waals surface area contributed by atoms with Crippen molar-refractivity contribution in [3.05, 3.63) is 36.0 Å².